The molecule has 3 aromatic heterocycles. The van der Waals surface area contributed by atoms with Gasteiger partial charge in [0, 0.05) is 55.3 Å². The van der Waals surface area contributed by atoms with E-state index in [1.165, 1.54) is 5.56 Å². The Morgan fingerprint density at radius 3 is 2.47 bits per heavy atom. The molecule has 4 heterocycles. The molecule has 2 aliphatic rings. The Labute approximate surface area is 252 Å². The molecule has 6 rings (SSSR count). The van der Waals surface area contributed by atoms with Gasteiger partial charge in [-0.25, -0.2) is 14.8 Å². The standard InChI is InChI=1S/C33H42N6O4/c1-19-15-38(16-20(2)39(19)32(40)43-33(4,5)6)24-12-26-25(22-9-10-22)13-28(35-31(26)34-14-24)27-11-23-17-37(7)36-29(23)21(3)30(27)42-18-41-8/h11-14,17,19-20,22H,9-10,15-16,18H2,1-8H3/t19-,20-/m0/s1. The van der Waals surface area contributed by atoms with Crippen molar-refractivity contribution in [2.75, 3.05) is 31.9 Å². The van der Waals surface area contributed by atoms with Crippen molar-refractivity contribution >= 4 is 33.7 Å². The Bertz CT molecular complexity index is 1680. The highest BCUT2D eigenvalue weighted by Gasteiger charge is 2.36. The number of benzene rings is 1. The predicted molar refractivity (Wildman–Crippen MR) is 168 cm³/mol. The maximum atomic E-state index is 12.9. The van der Waals surface area contributed by atoms with E-state index < -0.39 is 5.60 Å². The van der Waals surface area contributed by atoms with Crippen LogP contribution in [0.1, 0.15) is 64.5 Å². The van der Waals surface area contributed by atoms with Crippen LogP contribution in [-0.2, 0) is 16.5 Å². The number of carbonyl (C=O) groups is 1. The summed E-state index contributed by atoms with van der Waals surface area (Å²) in [4.78, 5) is 27.1. The van der Waals surface area contributed by atoms with Crippen molar-refractivity contribution < 1.29 is 19.0 Å². The van der Waals surface area contributed by atoms with Gasteiger partial charge < -0.3 is 19.1 Å². The summed E-state index contributed by atoms with van der Waals surface area (Å²) in [6.45, 7) is 13.4. The Hall–Kier alpha value is -3.92. The van der Waals surface area contributed by atoms with E-state index in [2.05, 4.69) is 42.0 Å². The molecule has 1 aromatic carbocycles. The van der Waals surface area contributed by atoms with Crippen LogP contribution in [0.25, 0.3) is 33.2 Å². The highest BCUT2D eigenvalue weighted by molar-refractivity contribution is 5.93. The van der Waals surface area contributed by atoms with Gasteiger partial charge in [0.25, 0.3) is 0 Å². The van der Waals surface area contributed by atoms with Crippen LogP contribution in [0.2, 0.25) is 0 Å². The number of aromatic nitrogens is 4. The minimum absolute atomic E-state index is 0.00569. The van der Waals surface area contributed by atoms with E-state index in [1.54, 1.807) is 7.11 Å². The summed E-state index contributed by atoms with van der Waals surface area (Å²) in [6, 6.07) is 6.54. The molecule has 2 fully saturated rings. The Morgan fingerprint density at radius 1 is 1.09 bits per heavy atom. The van der Waals surface area contributed by atoms with E-state index >= 15 is 0 Å². The smallest absolute Gasteiger partial charge is 0.410 e. The van der Waals surface area contributed by atoms with Gasteiger partial charge >= 0.3 is 6.09 Å². The normalized spacial score (nSPS) is 19.3. The second kappa shape index (κ2) is 11.0. The van der Waals surface area contributed by atoms with E-state index in [9.17, 15) is 4.79 Å². The largest absolute Gasteiger partial charge is 0.466 e. The molecule has 0 bridgehead atoms. The highest BCUT2D eigenvalue weighted by Crippen LogP contribution is 2.46. The summed E-state index contributed by atoms with van der Waals surface area (Å²) >= 11 is 0. The molecule has 0 unspecified atom stereocenters. The maximum absolute atomic E-state index is 12.9. The molecule has 1 saturated heterocycles. The van der Waals surface area contributed by atoms with E-state index in [1.807, 2.05) is 56.7 Å². The van der Waals surface area contributed by atoms with Gasteiger partial charge in [-0.2, -0.15) is 5.10 Å². The number of pyridine rings is 2. The van der Waals surface area contributed by atoms with Gasteiger partial charge in [0.1, 0.15) is 11.4 Å². The average Bonchev–Trinajstić information content (AvgIpc) is 3.71. The fourth-order valence-electron chi connectivity index (χ4n) is 6.30. The zero-order valence-corrected chi connectivity index (χ0v) is 26.5. The van der Waals surface area contributed by atoms with Crippen LogP contribution in [0.5, 0.6) is 5.75 Å². The Balaban J connectivity index is 1.37. The van der Waals surface area contributed by atoms with Crippen molar-refractivity contribution in [2.45, 2.75) is 78.0 Å². The van der Waals surface area contributed by atoms with Gasteiger partial charge in [-0.3, -0.25) is 9.58 Å². The van der Waals surface area contributed by atoms with Crippen LogP contribution >= 0.6 is 0 Å². The molecule has 1 aliphatic carbocycles. The molecule has 10 nitrogen and oxygen atoms in total. The van der Waals surface area contributed by atoms with Crippen molar-refractivity contribution in [3.63, 3.8) is 0 Å². The number of hydrogen-bond donors (Lipinski definition) is 0. The van der Waals surface area contributed by atoms with Crippen molar-refractivity contribution in [2.24, 2.45) is 7.05 Å². The van der Waals surface area contributed by atoms with Gasteiger partial charge in [-0.1, -0.05) is 0 Å². The lowest BCUT2D eigenvalue weighted by molar-refractivity contribution is 0.00565. The zero-order chi connectivity index (χ0) is 30.6. The molecule has 43 heavy (non-hydrogen) atoms. The fraction of sp³-hybridized carbons (Fsp3) is 0.515. The maximum Gasteiger partial charge on any atom is 0.410 e. The number of nitrogens with zero attached hydrogens (tertiary/aromatic N) is 6. The molecular formula is C33H42N6O4. The summed E-state index contributed by atoms with van der Waals surface area (Å²) in [5, 5.41) is 6.76. The van der Waals surface area contributed by atoms with Crippen molar-refractivity contribution in [3.8, 4) is 17.0 Å². The molecule has 1 amide bonds. The third-order valence-corrected chi connectivity index (χ3v) is 8.28. The number of rotatable bonds is 6. The van der Waals surface area contributed by atoms with Gasteiger partial charge in [0.15, 0.2) is 12.4 Å². The Morgan fingerprint density at radius 2 is 1.81 bits per heavy atom. The molecule has 1 saturated carbocycles. The summed E-state index contributed by atoms with van der Waals surface area (Å²) in [5.74, 6) is 1.21. The van der Waals surface area contributed by atoms with Crippen molar-refractivity contribution in [1.29, 1.82) is 0 Å². The van der Waals surface area contributed by atoms with Crippen LogP contribution in [-0.4, -0.2) is 75.4 Å². The first-order valence-electron chi connectivity index (χ1n) is 15.1. The summed E-state index contributed by atoms with van der Waals surface area (Å²) < 4.78 is 18.9. The lowest BCUT2D eigenvalue weighted by Gasteiger charge is -2.45. The molecular weight excluding hydrogens is 544 g/mol. The van der Waals surface area contributed by atoms with E-state index in [0.29, 0.717) is 19.0 Å². The molecule has 228 valence electrons. The first-order valence-corrected chi connectivity index (χ1v) is 15.1. The first-order chi connectivity index (χ1) is 20.4. The average molecular weight is 587 g/mol. The number of fused-ring (bicyclic) bond motifs is 2. The molecule has 0 N–H and O–H groups in total. The number of methoxy groups -OCH3 is 1. The predicted octanol–water partition coefficient (Wildman–Crippen LogP) is 6.19. The third-order valence-electron chi connectivity index (χ3n) is 8.28. The molecule has 0 radical (unpaired) electrons. The minimum atomic E-state index is -0.528. The molecule has 2 atom stereocenters. The minimum Gasteiger partial charge on any atom is -0.466 e. The molecule has 4 aromatic rings. The van der Waals surface area contributed by atoms with Crippen LogP contribution in [0.3, 0.4) is 0 Å². The van der Waals surface area contributed by atoms with Gasteiger partial charge in [0.2, 0.25) is 0 Å². The van der Waals surface area contributed by atoms with Gasteiger partial charge in [-0.05, 0) is 84.1 Å². The highest BCUT2D eigenvalue weighted by atomic mass is 16.7. The van der Waals surface area contributed by atoms with E-state index in [0.717, 1.165) is 63.0 Å². The van der Waals surface area contributed by atoms with Gasteiger partial charge in [0.05, 0.1) is 35.2 Å². The van der Waals surface area contributed by atoms with E-state index in [-0.39, 0.29) is 25.0 Å². The van der Waals surface area contributed by atoms with Crippen LogP contribution < -0.4 is 9.64 Å². The fourth-order valence-corrected chi connectivity index (χ4v) is 6.30. The summed E-state index contributed by atoms with van der Waals surface area (Å²) in [7, 11) is 3.54. The third kappa shape index (κ3) is 5.72. The van der Waals surface area contributed by atoms with Crippen LogP contribution in [0.4, 0.5) is 10.5 Å². The number of piperazine rings is 1. The number of carbonyl (C=O) groups excluding carboxylic acids is 1. The topological polar surface area (TPSA) is 94.8 Å². The monoisotopic (exact) mass is 586 g/mol. The molecule has 10 heteroatoms. The van der Waals surface area contributed by atoms with Crippen LogP contribution in [0, 0.1) is 6.92 Å². The molecule has 1 aliphatic heterocycles. The number of hydrogen-bond acceptors (Lipinski definition) is 8. The van der Waals surface area contributed by atoms with Crippen LogP contribution in [0.15, 0.2) is 30.6 Å². The van der Waals surface area contributed by atoms with Crippen molar-refractivity contribution in [1.82, 2.24) is 24.6 Å². The first kappa shape index (κ1) is 29.2. The van der Waals surface area contributed by atoms with E-state index in [4.69, 9.17) is 24.2 Å². The number of anilines is 1. The second-order valence-corrected chi connectivity index (χ2v) is 13.1. The number of aryl methyl sites for hydroxylation is 2. The summed E-state index contributed by atoms with van der Waals surface area (Å²) in [6.07, 6.45) is 5.98. The second-order valence-electron chi connectivity index (χ2n) is 13.1. The number of ether oxygens (including phenoxy) is 3. The summed E-state index contributed by atoms with van der Waals surface area (Å²) in [5.41, 5.74) is 6.11. The van der Waals surface area contributed by atoms with Crippen molar-refractivity contribution in [3.05, 3.63) is 41.7 Å². The number of amides is 1. The lowest BCUT2D eigenvalue weighted by atomic mass is 9.98. The Kier molecular flexibility index (Phi) is 7.44. The zero-order valence-electron chi connectivity index (χ0n) is 26.5. The van der Waals surface area contributed by atoms with Gasteiger partial charge in [-0.15, -0.1) is 0 Å². The SMILES string of the molecule is COCOc1c(-c2cc(C3CC3)c3cc(N4C[C@H](C)N(C(=O)OC(C)(C)C)[C@@H](C)C4)cnc3n2)cc2cn(C)nc2c1C. The molecule has 0 spiro atoms. The quantitative estimate of drug-likeness (QED) is 0.247. The lowest BCUT2D eigenvalue weighted by Crippen LogP contribution is -2.59.